The second-order valence-corrected chi connectivity index (χ2v) is 7.05. The molecule has 0 aromatic carbocycles. The summed E-state index contributed by atoms with van der Waals surface area (Å²) < 4.78 is 0. The van der Waals surface area contributed by atoms with Crippen LogP contribution in [0.25, 0.3) is 22.6 Å². The van der Waals surface area contributed by atoms with Crippen LogP contribution in [-0.2, 0) is 0 Å². The van der Waals surface area contributed by atoms with Gasteiger partial charge in [0.15, 0.2) is 5.82 Å². The van der Waals surface area contributed by atoms with E-state index in [0.29, 0.717) is 18.7 Å². The van der Waals surface area contributed by atoms with Crippen LogP contribution in [-0.4, -0.2) is 43.8 Å². The summed E-state index contributed by atoms with van der Waals surface area (Å²) in [5.41, 5.74) is 4.97. The third-order valence-corrected chi connectivity index (χ3v) is 5.11. The van der Waals surface area contributed by atoms with Crippen LogP contribution in [0.4, 0.5) is 0 Å². The van der Waals surface area contributed by atoms with Crippen LogP contribution in [0.15, 0.2) is 36.8 Å². The summed E-state index contributed by atoms with van der Waals surface area (Å²) in [4.78, 5) is 30.9. The number of carbonyl (C=O) groups excluding carboxylic acids is 1. The minimum absolute atomic E-state index is 0.0805. The Morgan fingerprint density at radius 3 is 2.86 bits per heavy atom. The number of aromatic nitrogens is 4. The van der Waals surface area contributed by atoms with Gasteiger partial charge in [-0.25, -0.2) is 4.98 Å². The SMILES string of the molecule is Cc1nc(-c2cc(-c3cncc(C(=O)N4CCC(C#N)C4)c3)ccn2)[nH]c1C. The number of aromatic amines is 1. The molecule has 0 saturated carbocycles. The van der Waals surface area contributed by atoms with Gasteiger partial charge in [0.2, 0.25) is 0 Å². The van der Waals surface area contributed by atoms with Crippen molar-refractivity contribution in [2.24, 2.45) is 5.92 Å². The second kappa shape index (κ2) is 7.24. The minimum Gasteiger partial charge on any atom is -0.341 e. The standard InChI is InChI=1S/C21H20N6O/c1-13-14(2)26-20(25-13)19-8-16(3-5-24-19)17-7-18(11-23-10-17)21(28)27-6-4-15(9-22)12-27/h3,5,7-8,10-11,15H,4,6,12H2,1-2H3,(H,25,26). The molecule has 0 aliphatic carbocycles. The number of hydrogen-bond acceptors (Lipinski definition) is 5. The van der Waals surface area contributed by atoms with Crippen molar-refractivity contribution in [3.8, 4) is 28.7 Å². The smallest absolute Gasteiger partial charge is 0.255 e. The first kappa shape index (κ1) is 17.9. The molecule has 1 fully saturated rings. The molecule has 1 amide bonds. The monoisotopic (exact) mass is 372 g/mol. The number of nitrogens with zero attached hydrogens (tertiary/aromatic N) is 5. The molecular weight excluding hydrogens is 352 g/mol. The highest BCUT2D eigenvalue weighted by Gasteiger charge is 2.27. The average molecular weight is 372 g/mol. The molecule has 1 N–H and O–H groups in total. The van der Waals surface area contributed by atoms with Gasteiger partial charge in [0.1, 0.15) is 5.69 Å². The van der Waals surface area contributed by atoms with Crippen LogP contribution in [0.3, 0.4) is 0 Å². The van der Waals surface area contributed by atoms with Gasteiger partial charge in [0.05, 0.1) is 23.2 Å². The van der Waals surface area contributed by atoms with Crippen LogP contribution in [0.5, 0.6) is 0 Å². The van der Waals surface area contributed by atoms with Crippen molar-refractivity contribution in [3.63, 3.8) is 0 Å². The van der Waals surface area contributed by atoms with E-state index < -0.39 is 0 Å². The lowest BCUT2D eigenvalue weighted by Gasteiger charge is -2.15. The molecule has 3 aromatic heterocycles. The van der Waals surface area contributed by atoms with Gasteiger partial charge in [0, 0.05) is 42.9 Å². The van der Waals surface area contributed by atoms with E-state index in [-0.39, 0.29) is 11.8 Å². The summed E-state index contributed by atoms with van der Waals surface area (Å²) in [5, 5.41) is 9.05. The maximum Gasteiger partial charge on any atom is 0.255 e. The van der Waals surface area contributed by atoms with Gasteiger partial charge in [-0.1, -0.05) is 0 Å². The van der Waals surface area contributed by atoms with E-state index in [0.717, 1.165) is 40.5 Å². The topological polar surface area (TPSA) is 98.6 Å². The lowest BCUT2D eigenvalue weighted by atomic mass is 10.1. The van der Waals surface area contributed by atoms with Crippen LogP contribution < -0.4 is 0 Å². The third kappa shape index (κ3) is 3.37. The number of likely N-dealkylation sites (tertiary alicyclic amines) is 1. The van der Waals surface area contributed by atoms with E-state index in [9.17, 15) is 4.79 Å². The summed E-state index contributed by atoms with van der Waals surface area (Å²) in [7, 11) is 0. The van der Waals surface area contributed by atoms with Crippen molar-refractivity contribution >= 4 is 5.91 Å². The van der Waals surface area contributed by atoms with E-state index in [1.54, 1.807) is 23.5 Å². The Bertz CT molecular complexity index is 1060. The number of aryl methyl sites for hydroxylation is 2. The van der Waals surface area contributed by atoms with Gasteiger partial charge in [-0.3, -0.25) is 14.8 Å². The van der Waals surface area contributed by atoms with Crippen molar-refractivity contribution in [3.05, 3.63) is 53.7 Å². The number of carbonyl (C=O) groups is 1. The Labute approximate surface area is 163 Å². The number of rotatable bonds is 3. The molecule has 1 atom stereocenters. The van der Waals surface area contributed by atoms with Crippen LogP contribution in [0.2, 0.25) is 0 Å². The molecule has 7 nitrogen and oxygen atoms in total. The summed E-state index contributed by atoms with van der Waals surface area (Å²) in [6.07, 6.45) is 5.76. The molecule has 3 aromatic rings. The van der Waals surface area contributed by atoms with Gasteiger partial charge >= 0.3 is 0 Å². The zero-order valence-corrected chi connectivity index (χ0v) is 15.8. The van der Waals surface area contributed by atoms with E-state index in [1.807, 2.05) is 32.0 Å². The van der Waals surface area contributed by atoms with Crippen molar-refractivity contribution in [2.45, 2.75) is 20.3 Å². The highest BCUT2D eigenvalue weighted by molar-refractivity contribution is 5.95. The van der Waals surface area contributed by atoms with E-state index in [2.05, 4.69) is 26.0 Å². The first-order valence-corrected chi connectivity index (χ1v) is 9.19. The number of H-pyrrole nitrogens is 1. The summed E-state index contributed by atoms with van der Waals surface area (Å²) in [6.45, 7) is 5.02. The lowest BCUT2D eigenvalue weighted by molar-refractivity contribution is 0.0789. The van der Waals surface area contributed by atoms with Gasteiger partial charge in [0.25, 0.3) is 5.91 Å². The van der Waals surface area contributed by atoms with E-state index in [1.165, 1.54) is 0 Å². The Morgan fingerprint density at radius 2 is 2.14 bits per heavy atom. The molecule has 1 unspecified atom stereocenters. The normalized spacial score (nSPS) is 16.2. The van der Waals surface area contributed by atoms with Crippen molar-refractivity contribution < 1.29 is 4.79 Å². The van der Waals surface area contributed by atoms with Gasteiger partial charge in [-0.2, -0.15) is 5.26 Å². The quantitative estimate of drug-likeness (QED) is 0.761. The largest absolute Gasteiger partial charge is 0.341 e. The van der Waals surface area contributed by atoms with E-state index >= 15 is 0 Å². The molecule has 1 saturated heterocycles. The van der Waals surface area contributed by atoms with Crippen LogP contribution >= 0.6 is 0 Å². The zero-order valence-electron chi connectivity index (χ0n) is 15.8. The second-order valence-electron chi connectivity index (χ2n) is 7.05. The first-order chi connectivity index (χ1) is 13.5. The highest BCUT2D eigenvalue weighted by atomic mass is 16.2. The molecule has 4 heterocycles. The molecular formula is C21H20N6O. The zero-order chi connectivity index (χ0) is 19.7. The fourth-order valence-electron chi connectivity index (χ4n) is 3.36. The summed E-state index contributed by atoms with van der Waals surface area (Å²) >= 11 is 0. The maximum atomic E-state index is 12.8. The number of amides is 1. The van der Waals surface area contributed by atoms with Crippen molar-refractivity contribution in [1.29, 1.82) is 5.26 Å². The number of nitrogens with one attached hydrogen (secondary N) is 1. The Hall–Kier alpha value is -3.53. The molecule has 0 bridgehead atoms. The Kier molecular flexibility index (Phi) is 4.62. The summed E-state index contributed by atoms with van der Waals surface area (Å²) in [6, 6.07) is 7.90. The third-order valence-electron chi connectivity index (χ3n) is 5.11. The van der Waals surface area contributed by atoms with Crippen LogP contribution in [0.1, 0.15) is 28.2 Å². The fraction of sp³-hybridized carbons (Fsp3) is 0.286. The Balaban J connectivity index is 1.62. The van der Waals surface area contributed by atoms with Crippen LogP contribution in [0, 0.1) is 31.1 Å². The van der Waals surface area contributed by atoms with Crippen molar-refractivity contribution in [2.75, 3.05) is 13.1 Å². The summed E-state index contributed by atoms with van der Waals surface area (Å²) in [5.74, 6) is 0.554. The predicted octanol–water partition coefficient (Wildman–Crippen LogP) is 3.14. The average Bonchev–Trinajstić information content (AvgIpc) is 3.34. The molecule has 0 spiro atoms. The number of imidazole rings is 1. The molecule has 1 aliphatic heterocycles. The van der Waals surface area contributed by atoms with Crippen molar-refractivity contribution in [1.82, 2.24) is 24.8 Å². The molecule has 0 radical (unpaired) electrons. The van der Waals surface area contributed by atoms with E-state index in [4.69, 9.17) is 5.26 Å². The molecule has 140 valence electrons. The Morgan fingerprint density at radius 1 is 1.29 bits per heavy atom. The minimum atomic E-state index is -0.0846. The highest BCUT2D eigenvalue weighted by Crippen LogP contribution is 2.25. The molecule has 4 rings (SSSR count). The van der Waals surface area contributed by atoms with Gasteiger partial charge < -0.3 is 9.88 Å². The molecule has 7 heteroatoms. The van der Waals surface area contributed by atoms with Gasteiger partial charge in [-0.05, 0) is 44.0 Å². The molecule has 28 heavy (non-hydrogen) atoms. The van der Waals surface area contributed by atoms with Gasteiger partial charge in [-0.15, -0.1) is 0 Å². The maximum absolute atomic E-state index is 12.8. The molecule has 1 aliphatic rings. The fourth-order valence-corrected chi connectivity index (χ4v) is 3.36. The first-order valence-electron chi connectivity index (χ1n) is 9.19. The number of pyridine rings is 2. The predicted molar refractivity (Wildman–Crippen MR) is 104 cm³/mol. The number of nitriles is 1. The number of hydrogen-bond donors (Lipinski definition) is 1. The lowest BCUT2D eigenvalue weighted by Crippen LogP contribution is -2.28.